The van der Waals surface area contributed by atoms with Crippen LogP contribution < -0.4 is 11.1 Å². The molecule has 6 heteroatoms. The zero-order chi connectivity index (χ0) is 14.7. The van der Waals surface area contributed by atoms with Crippen molar-refractivity contribution in [1.29, 1.82) is 0 Å². The van der Waals surface area contributed by atoms with Gasteiger partial charge in [0.25, 0.3) is 0 Å². The van der Waals surface area contributed by atoms with E-state index in [-0.39, 0.29) is 18.3 Å². The van der Waals surface area contributed by atoms with Crippen LogP contribution in [0.5, 0.6) is 0 Å². The monoisotopic (exact) mass is 331 g/mol. The highest BCUT2D eigenvalue weighted by Crippen LogP contribution is 2.23. The molecule has 0 aromatic heterocycles. The molecule has 2 rings (SSSR count). The Hall–Kier alpha value is -0.810. The van der Waals surface area contributed by atoms with Crippen LogP contribution >= 0.6 is 24.0 Å². The van der Waals surface area contributed by atoms with Crippen LogP contribution in [0.1, 0.15) is 18.9 Å². The van der Waals surface area contributed by atoms with Crippen LogP contribution in [0.15, 0.2) is 18.2 Å². The molecule has 1 aromatic rings. The largest absolute Gasteiger partial charge is 0.330 e. The Labute approximate surface area is 137 Å². The van der Waals surface area contributed by atoms with Gasteiger partial charge in [-0.2, -0.15) is 0 Å². The highest BCUT2D eigenvalue weighted by molar-refractivity contribution is 6.30. The van der Waals surface area contributed by atoms with Crippen molar-refractivity contribution in [3.63, 3.8) is 0 Å². The molecule has 1 fully saturated rings. The van der Waals surface area contributed by atoms with Crippen LogP contribution in [0, 0.1) is 12.8 Å². The maximum Gasteiger partial charge on any atom is 0.238 e. The summed E-state index contributed by atoms with van der Waals surface area (Å²) in [5.41, 5.74) is 7.50. The first-order chi connectivity index (χ1) is 9.49. The third-order valence-electron chi connectivity index (χ3n) is 3.93. The van der Waals surface area contributed by atoms with Gasteiger partial charge in [-0.1, -0.05) is 11.6 Å². The number of hydrogen-bond donors (Lipinski definition) is 2. The Bertz CT molecular complexity index is 496. The first kappa shape index (κ1) is 18.2. The molecule has 0 aliphatic carbocycles. The number of aryl methyl sites for hydroxylation is 1. The van der Waals surface area contributed by atoms with Crippen molar-refractivity contribution < 1.29 is 4.79 Å². The summed E-state index contributed by atoms with van der Waals surface area (Å²) in [7, 11) is 0. The second-order valence-corrected chi connectivity index (χ2v) is 6.06. The van der Waals surface area contributed by atoms with Gasteiger partial charge in [-0.25, -0.2) is 0 Å². The quantitative estimate of drug-likeness (QED) is 0.891. The Morgan fingerprint density at radius 3 is 2.81 bits per heavy atom. The third-order valence-corrected chi connectivity index (χ3v) is 4.17. The molecular weight excluding hydrogens is 309 g/mol. The van der Waals surface area contributed by atoms with Crippen LogP contribution in [0.4, 0.5) is 5.69 Å². The van der Waals surface area contributed by atoms with Crippen molar-refractivity contribution in [1.82, 2.24) is 4.90 Å². The Morgan fingerprint density at radius 2 is 2.24 bits per heavy atom. The van der Waals surface area contributed by atoms with Gasteiger partial charge in [0.1, 0.15) is 0 Å². The molecule has 0 radical (unpaired) electrons. The van der Waals surface area contributed by atoms with Gasteiger partial charge in [-0.05, 0) is 56.5 Å². The van der Waals surface area contributed by atoms with Gasteiger partial charge in [-0.3, -0.25) is 9.69 Å². The number of benzene rings is 1. The number of halogens is 2. The molecular formula is C15H23Cl2N3O. The minimum absolute atomic E-state index is 0. The molecule has 1 amide bonds. The van der Waals surface area contributed by atoms with E-state index >= 15 is 0 Å². The van der Waals surface area contributed by atoms with Gasteiger partial charge in [0.2, 0.25) is 5.91 Å². The molecule has 1 heterocycles. The Kier molecular flexibility index (Phi) is 6.94. The lowest BCUT2D eigenvalue weighted by Gasteiger charge is -2.20. The molecule has 118 valence electrons. The molecule has 1 aliphatic rings. The van der Waals surface area contributed by atoms with Crippen molar-refractivity contribution in [3.8, 4) is 0 Å². The summed E-state index contributed by atoms with van der Waals surface area (Å²) in [6.45, 7) is 6.10. The van der Waals surface area contributed by atoms with E-state index < -0.39 is 0 Å². The lowest BCUT2D eigenvalue weighted by Crippen LogP contribution is -2.36. The number of carbonyl (C=O) groups excluding carboxylic acids is 1. The lowest BCUT2D eigenvalue weighted by atomic mass is 10.1. The fourth-order valence-electron chi connectivity index (χ4n) is 2.75. The second kappa shape index (κ2) is 7.99. The van der Waals surface area contributed by atoms with Gasteiger partial charge in [0, 0.05) is 23.3 Å². The van der Waals surface area contributed by atoms with Crippen LogP contribution in [-0.4, -0.2) is 36.5 Å². The topological polar surface area (TPSA) is 58.4 Å². The number of amides is 1. The lowest BCUT2D eigenvalue weighted by molar-refractivity contribution is -0.117. The molecule has 0 bridgehead atoms. The first-order valence-electron chi connectivity index (χ1n) is 6.99. The molecule has 2 unspecified atom stereocenters. The number of likely N-dealkylation sites (tertiary alicyclic amines) is 1. The molecule has 0 spiro atoms. The van der Waals surface area contributed by atoms with E-state index in [1.54, 1.807) is 6.07 Å². The summed E-state index contributed by atoms with van der Waals surface area (Å²) in [6.07, 6.45) is 1.07. The molecule has 1 saturated heterocycles. The average Bonchev–Trinajstić information content (AvgIpc) is 2.74. The molecule has 1 aliphatic heterocycles. The van der Waals surface area contributed by atoms with Gasteiger partial charge < -0.3 is 11.1 Å². The van der Waals surface area contributed by atoms with Gasteiger partial charge >= 0.3 is 0 Å². The fourth-order valence-corrected chi connectivity index (χ4v) is 2.98. The number of hydrogen-bond acceptors (Lipinski definition) is 3. The van der Waals surface area contributed by atoms with Crippen LogP contribution in [-0.2, 0) is 4.79 Å². The maximum absolute atomic E-state index is 12.1. The van der Waals surface area contributed by atoms with E-state index in [9.17, 15) is 4.79 Å². The number of nitrogens with one attached hydrogen (secondary N) is 1. The van der Waals surface area contributed by atoms with E-state index in [1.165, 1.54) is 0 Å². The van der Waals surface area contributed by atoms with E-state index in [4.69, 9.17) is 17.3 Å². The minimum atomic E-state index is 0. The van der Waals surface area contributed by atoms with Crippen LogP contribution in [0.3, 0.4) is 0 Å². The van der Waals surface area contributed by atoms with Gasteiger partial charge in [0.15, 0.2) is 0 Å². The molecule has 2 atom stereocenters. The minimum Gasteiger partial charge on any atom is -0.330 e. The smallest absolute Gasteiger partial charge is 0.238 e. The zero-order valence-corrected chi connectivity index (χ0v) is 14.0. The van der Waals surface area contributed by atoms with Crippen molar-refractivity contribution in [2.24, 2.45) is 11.7 Å². The van der Waals surface area contributed by atoms with Crippen molar-refractivity contribution in [3.05, 3.63) is 28.8 Å². The van der Waals surface area contributed by atoms with E-state index in [0.29, 0.717) is 30.1 Å². The summed E-state index contributed by atoms with van der Waals surface area (Å²) >= 11 is 5.91. The Balaban J connectivity index is 0.00000220. The summed E-state index contributed by atoms with van der Waals surface area (Å²) in [6, 6.07) is 5.89. The van der Waals surface area contributed by atoms with Gasteiger partial charge in [-0.15, -0.1) is 12.4 Å². The first-order valence-corrected chi connectivity index (χ1v) is 7.37. The number of anilines is 1. The summed E-state index contributed by atoms with van der Waals surface area (Å²) in [5, 5.41) is 3.63. The van der Waals surface area contributed by atoms with Crippen molar-refractivity contribution in [2.45, 2.75) is 26.3 Å². The number of rotatable bonds is 4. The SMILES string of the molecule is Cc1cc(Cl)ccc1NC(=O)CN1CC(CN)CC1C.Cl. The average molecular weight is 332 g/mol. The van der Waals surface area contributed by atoms with Crippen molar-refractivity contribution >= 4 is 35.6 Å². The van der Waals surface area contributed by atoms with Crippen molar-refractivity contribution in [2.75, 3.05) is 25.0 Å². The molecule has 3 N–H and O–H groups in total. The standard InChI is InChI=1S/C15H22ClN3O.ClH/c1-10-5-13(16)3-4-14(10)18-15(20)9-19-8-12(7-17)6-11(19)2;/h3-5,11-12H,6-9,17H2,1-2H3,(H,18,20);1H. The fraction of sp³-hybridized carbons (Fsp3) is 0.533. The maximum atomic E-state index is 12.1. The van der Waals surface area contributed by atoms with Gasteiger partial charge in [0.05, 0.1) is 6.54 Å². The normalized spacial score (nSPS) is 21.9. The second-order valence-electron chi connectivity index (χ2n) is 5.62. The molecule has 1 aromatic carbocycles. The predicted octanol–water partition coefficient (Wildman–Crippen LogP) is 2.68. The molecule has 0 saturated carbocycles. The number of nitrogens with zero attached hydrogens (tertiary/aromatic N) is 1. The zero-order valence-electron chi connectivity index (χ0n) is 12.4. The predicted molar refractivity (Wildman–Crippen MR) is 90.3 cm³/mol. The van der Waals surface area contributed by atoms with Crippen LogP contribution in [0.25, 0.3) is 0 Å². The van der Waals surface area contributed by atoms with E-state index in [1.807, 2.05) is 19.1 Å². The summed E-state index contributed by atoms with van der Waals surface area (Å²) in [4.78, 5) is 14.3. The summed E-state index contributed by atoms with van der Waals surface area (Å²) < 4.78 is 0. The highest BCUT2D eigenvalue weighted by atomic mass is 35.5. The Morgan fingerprint density at radius 1 is 1.52 bits per heavy atom. The molecule has 4 nitrogen and oxygen atoms in total. The highest BCUT2D eigenvalue weighted by Gasteiger charge is 2.29. The third kappa shape index (κ3) is 4.85. The molecule has 21 heavy (non-hydrogen) atoms. The van der Waals surface area contributed by atoms with Crippen LogP contribution in [0.2, 0.25) is 5.02 Å². The number of carbonyl (C=O) groups is 1. The van der Waals surface area contributed by atoms with E-state index in [0.717, 1.165) is 24.2 Å². The summed E-state index contributed by atoms with van der Waals surface area (Å²) in [5.74, 6) is 0.523. The number of nitrogens with two attached hydrogens (primary N) is 1. The van der Waals surface area contributed by atoms with E-state index in [2.05, 4.69) is 17.1 Å².